The molecule has 0 heterocycles. The van der Waals surface area contributed by atoms with Crippen LogP contribution in [0.4, 0.5) is 0 Å². The lowest BCUT2D eigenvalue weighted by atomic mass is 10.0. The average Bonchev–Trinajstić information content (AvgIpc) is 2.46. The van der Waals surface area contributed by atoms with E-state index in [4.69, 9.17) is 10.5 Å². The van der Waals surface area contributed by atoms with E-state index < -0.39 is 0 Å². The molecule has 1 atom stereocenters. The van der Waals surface area contributed by atoms with Crippen molar-refractivity contribution in [3.05, 3.63) is 0 Å². The highest BCUT2D eigenvalue weighted by molar-refractivity contribution is 4.51. The Balaban J connectivity index is 2.93. The molecule has 0 aromatic heterocycles. The minimum Gasteiger partial charge on any atom is -0.380 e. The van der Waals surface area contributed by atoms with Gasteiger partial charge >= 0.3 is 0 Å². The molecule has 0 saturated carbocycles. The molecule has 0 amide bonds. The van der Waals surface area contributed by atoms with Crippen LogP contribution in [-0.2, 0) is 4.74 Å². The van der Waals surface area contributed by atoms with Gasteiger partial charge in [-0.25, -0.2) is 0 Å². The molecule has 0 aromatic rings. The summed E-state index contributed by atoms with van der Waals surface area (Å²) in [6.45, 7) is 5.87. The molecule has 0 radical (unpaired) electrons. The van der Waals surface area contributed by atoms with Crippen molar-refractivity contribution in [1.29, 1.82) is 0 Å². The molecule has 0 aliphatic rings. The van der Waals surface area contributed by atoms with Gasteiger partial charge in [-0.15, -0.1) is 0 Å². The fourth-order valence-electron chi connectivity index (χ4n) is 2.67. The SMILES string of the molecule is CCCCCCCCCCCCCCCCOCC(C)N. The second-order valence-corrected chi connectivity index (χ2v) is 6.65. The van der Waals surface area contributed by atoms with Crippen molar-refractivity contribution in [1.82, 2.24) is 0 Å². The smallest absolute Gasteiger partial charge is 0.0614 e. The van der Waals surface area contributed by atoms with Gasteiger partial charge in [-0.3, -0.25) is 0 Å². The highest BCUT2D eigenvalue weighted by Crippen LogP contribution is 2.12. The van der Waals surface area contributed by atoms with Crippen molar-refractivity contribution in [2.75, 3.05) is 13.2 Å². The molecule has 0 rings (SSSR count). The van der Waals surface area contributed by atoms with E-state index in [2.05, 4.69) is 6.92 Å². The maximum atomic E-state index is 5.63. The van der Waals surface area contributed by atoms with Gasteiger partial charge in [-0.05, 0) is 13.3 Å². The number of unbranched alkanes of at least 4 members (excludes halogenated alkanes) is 13. The average molecular weight is 300 g/mol. The fourth-order valence-corrected chi connectivity index (χ4v) is 2.67. The van der Waals surface area contributed by atoms with Gasteiger partial charge < -0.3 is 10.5 Å². The van der Waals surface area contributed by atoms with Gasteiger partial charge in [0.05, 0.1) is 6.61 Å². The van der Waals surface area contributed by atoms with E-state index in [0.29, 0.717) is 6.61 Å². The number of hydrogen-bond acceptors (Lipinski definition) is 2. The standard InChI is InChI=1S/C19H41NO/c1-3-4-5-6-7-8-9-10-11-12-13-14-15-16-17-21-18-19(2)20/h19H,3-18,20H2,1-2H3. The first-order valence-electron chi connectivity index (χ1n) is 9.60. The van der Waals surface area contributed by atoms with E-state index in [1.165, 1.54) is 89.9 Å². The van der Waals surface area contributed by atoms with E-state index in [9.17, 15) is 0 Å². The van der Waals surface area contributed by atoms with Crippen LogP contribution in [0.1, 0.15) is 104 Å². The Morgan fingerprint density at radius 2 is 1.05 bits per heavy atom. The third kappa shape index (κ3) is 19.9. The van der Waals surface area contributed by atoms with Gasteiger partial charge in [0.2, 0.25) is 0 Å². The Bertz CT molecular complexity index is 182. The van der Waals surface area contributed by atoms with Crippen molar-refractivity contribution >= 4 is 0 Å². The van der Waals surface area contributed by atoms with E-state index in [1.807, 2.05) is 6.92 Å². The number of nitrogens with two attached hydrogens (primary N) is 1. The molecule has 2 nitrogen and oxygen atoms in total. The highest BCUT2D eigenvalue weighted by atomic mass is 16.5. The highest BCUT2D eigenvalue weighted by Gasteiger charge is 1.95. The first-order chi connectivity index (χ1) is 10.3. The quantitative estimate of drug-likeness (QED) is 0.343. The van der Waals surface area contributed by atoms with E-state index in [1.54, 1.807) is 0 Å². The molecule has 2 N–H and O–H groups in total. The molecular weight excluding hydrogens is 258 g/mol. The van der Waals surface area contributed by atoms with E-state index in [-0.39, 0.29) is 6.04 Å². The summed E-state index contributed by atoms with van der Waals surface area (Å²) in [5.41, 5.74) is 5.63. The van der Waals surface area contributed by atoms with E-state index in [0.717, 1.165) is 6.61 Å². The van der Waals surface area contributed by atoms with Crippen molar-refractivity contribution < 1.29 is 4.74 Å². The Kier molecular flexibility index (Phi) is 17.9. The molecule has 0 aliphatic carbocycles. The molecular formula is C19H41NO. The first-order valence-corrected chi connectivity index (χ1v) is 9.60. The number of hydrogen-bond donors (Lipinski definition) is 1. The molecule has 21 heavy (non-hydrogen) atoms. The predicted octanol–water partition coefficient (Wildman–Crippen LogP) is 5.83. The van der Waals surface area contributed by atoms with Crippen LogP contribution in [0.5, 0.6) is 0 Å². The molecule has 0 saturated heterocycles. The Labute approximate surface area is 134 Å². The van der Waals surface area contributed by atoms with Gasteiger partial charge in [0.1, 0.15) is 0 Å². The number of ether oxygens (including phenoxy) is 1. The maximum absolute atomic E-state index is 5.63. The van der Waals surface area contributed by atoms with Gasteiger partial charge in [-0.1, -0.05) is 90.4 Å². The first kappa shape index (κ1) is 20.9. The summed E-state index contributed by atoms with van der Waals surface area (Å²) in [6, 6.07) is 0.177. The lowest BCUT2D eigenvalue weighted by molar-refractivity contribution is 0.120. The van der Waals surface area contributed by atoms with Crippen molar-refractivity contribution in [3.8, 4) is 0 Å². The Morgan fingerprint density at radius 1 is 0.667 bits per heavy atom. The van der Waals surface area contributed by atoms with Crippen LogP contribution >= 0.6 is 0 Å². The summed E-state index contributed by atoms with van der Waals surface area (Å²) in [5.74, 6) is 0. The summed E-state index contributed by atoms with van der Waals surface area (Å²) in [6.07, 6.45) is 19.7. The summed E-state index contributed by atoms with van der Waals surface area (Å²) >= 11 is 0. The Hall–Kier alpha value is -0.0800. The van der Waals surface area contributed by atoms with Crippen LogP contribution < -0.4 is 5.73 Å². The van der Waals surface area contributed by atoms with Gasteiger partial charge in [0.15, 0.2) is 0 Å². The molecule has 0 aromatic carbocycles. The molecule has 128 valence electrons. The third-order valence-corrected chi connectivity index (χ3v) is 4.02. The topological polar surface area (TPSA) is 35.2 Å². The van der Waals surface area contributed by atoms with Crippen LogP contribution in [0.15, 0.2) is 0 Å². The van der Waals surface area contributed by atoms with Gasteiger partial charge in [0.25, 0.3) is 0 Å². The third-order valence-electron chi connectivity index (χ3n) is 4.02. The molecule has 0 aliphatic heterocycles. The van der Waals surface area contributed by atoms with Crippen LogP contribution in [-0.4, -0.2) is 19.3 Å². The fraction of sp³-hybridized carbons (Fsp3) is 1.00. The molecule has 1 unspecified atom stereocenters. The van der Waals surface area contributed by atoms with Crippen molar-refractivity contribution in [2.24, 2.45) is 5.73 Å². The predicted molar refractivity (Wildman–Crippen MR) is 94.8 cm³/mol. The zero-order valence-electron chi connectivity index (χ0n) is 14.9. The zero-order valence-corrected chi connectivity index (χ0v) is 14.9. The monoisotopic (exact) mass is 299 g/mol. The minimum atomic E-state index is 0.177. The summed E-state index contributed by atoms with van der Waals surface area (Å²) < 4.78 is 5.48. The summed E-state index contributed by atoms with van der Waals surface area (Å²) in [4.78, 5) is 0. The van der Waals surface area contributed by atoms with Gasteiger partial charge in [0, 0.05) is 12.6 Å². The molecule has 2 heteroatoms. The second kappa shape index (κ2) is 18.0. The van der Waals surface area contributed by atoms with E-state index >= 15 is 0 Å². The maximum Gasteiger partial charge on any atom is 0.0614 e. The zero-order chi connectivity index (χ0) is 15.6. The summed E-state index contributed by atoms with van der Waals surface area (Å²) in [5, 5.41) is 0. The van der Waals surface area contributed by atoms with Gasteiger partial charge in [-0.2, -0.15) is 0 Å². The van der Waals surface area contributed by atoms with Crippen molar-refractivity contribution in [3.63, 3.8) is 0 Å². The van der Waals surface area contributed by atoms with Crippen LogP contribution in [0.3, 0.4) is 0 Å². The van der Waals surface area contributed by atoms with Crippen LogP contribution in [0.25, 0.3) is 0 Å². The summed E-state index contributed by atoms with van der Waals surface area (Å²) in [7, 11) is 0. The molecule has 0 bridgehead atoms. The van der Waals surface area contributed by atoms with Crippen LogP contribution in [0.2, 0.25) is 0 Å². The number of rotatable bonds is 17. The second-order valence-electron chi connectivity index (χ2n) is 6.65. The van der Waals surface area contributed by atoms with Crippen LogP contribution in [0, 0.1) is 0 Å². The minimum absolute atomic E-state index is 0.177. The van der Waals surface area contributed by atoms with Crippen molar-refractivity contribution in [2.45, 2.75) is 110 Å². The Morgan fingerprint density at radius 3 is 1.43 bits per heavy atom. The normalized spacial score (nSPS) is 12.7. The molecule has 0 fully saturated rings. The lowest BCUT2D eigenvalue weighted by Gasteiger charge is -2.06. The lowest BCUT2D eigenvalue weighted by Crippen LogP contribution is -2.22. The largest absolute Gasteiger partial charge is 0.380 e. The molecule has 0 spiro atoms.